The maximum absolute atomic E-state index is 12.1. The SMILES string of the molecule is CCOC(=O)C(C(C)=Nc1ccccc1Br)C(C=O)CC. The lowest BCUT2D eigenvalue weighted by Gasteiger charge is -2.20. The van der Waals surface area contributed by atoms with Crippen molar-refractivity contribution < 1.29 is 14.3 Å². The van der Waals surface area contributed by atoms with E-state index in [2.05, 4.69) is 20.9 Å². The Morgan fingerprint density at radius 1 is 1.38 bits per heavy atom. The Hall–Kier alpha value is -1.49. The van der Waals surface area contributed by atoms with Crippen LogP contribution in [-0.4, -0.2) is 24.6 Å². The quantitative estimate of drug-likeness (QED) is 0.423. The van der Waals surface area contributed by atoms with Crippen LogP contribution < -0.4 is 0 Å². The highest BCUT2D eigenvalue weighted by Gasteiger charge is 2.31. The van der Waals surface area contributed by atoms with E-state index in [4.69, 9.17) is 4.74 Å². The van der Waals surface area contributed by atoms with Crippen molar-refractivity contribution in [2.75, 3.05) is 6.61 Å². The Labute approximate surface area is 133 Å². The smallest absolute Gasteiger partial charge is 0.315 e. The minimum Gasteiger partial charge on any atom is -0.465 e. The second-order valence-corrected chi connectivity index (χ2v) is 5.50. The molecule has 0 radical (unpaired) electrons. The molecular formula is C16H20BrNO3. The van der Waals surface area contributed by atoms with Gasteiger partial charge >= 0.3 is 5.97 Å². The Balaban J connectivity index is 3.15. The van der Waals surface area contributed by atoms with Gasteiger partial charge in [0.25, 0.3) is 0 Å². The van der Waals surface area contributed by atoms with Gasteiger partial charge in [0.1, 0.15) is 12.2 Å². The molecule has 1 rings (SSSR count). The molecule has 0 saturated carbocycles. The zero-order valence-electron chi connectivity index (χ0n) is 12.5. The maximum atomic E-state index is 12.1. The molecule has 0 spiro atoms. The molecule has 5 heteroatoms. The zero-order chi connectivity index (χ0) is 15.8. The first-order chi connectivity index (χ1) is 10.0. The van der Waals surface area contributed by atoms with E-state index in [0.717, 1.165) is 16.4 Å². The fraction of sp³-hybridized carbons (Fsp3) is 0.438. The predicted molar refractivity (Wildman–Crippen MR) is 86.9 cm³/mol. The fourth-order valence-electron chi connectivity index (χ4n) is 2.10. The van der Waals surface area contributed by atoms with Crippen LogP contribution in [0.4, 0.5) is 5.69 Å². The summed E-state index contributed by atoms with van der Waals surface area (Å²) in [5.41, 5.74) is 1.31. The van der Waals surface area contributed by atoms with Crippen molar-refractivity contribution in [3.8, 4) is 0 Å². The molecule has 0 aliphatic heterocycles. The molecule has 114 valence electrons. The molecular weight excluding hydrogens is 334 g/mol. The molecule has 0 amide bonds. The average Bonchev–Trinajstić information content (AvgIpc) is 2.47. The number of aldehydes is 1. The van der Waals surface area contributed by atoms with E-state index in [1.54, 1.807) is 13.8 Å². The standard InChI is InChI=1S/C16H20BrNO3/c1-4-12(10-19)15(16(20)21-5-2)11(3)18-14-9-7-6-8-13(14)17/h6-10,12,15H,4-5H2,1-3H3. The molecule has 2 unspecified atom stereocenters. The molecule has 0 bridgehead atoms. The number of aliphatic imine (C=N–C) groups is 1. The summed E-state index contributed by atoms with van der Waals surface area (Å²) in [6.07, 6.45) is 1.37. The average molecular weight is 354 g/mol. The molecule has 0 aliphatic carbocycles. The molecule has 21 heavy (non-hydrogen) atoms. The summed E-state index contributed by atoms with van der Waals surface area (Å²) in [5.74, 6) is -1.46. The van der Waals surface area contributed by atoms with Crippen LogP contribution in [-0.2, 0) is 14.3 Å². The summed E-state index contributed by atoms with van der Waals surface area (Å²) in [4.78, 5) is 27.9. The van der Waals surface area contributed by atoms with Gasteiger partial charge in [0.2, 0.25) is 0 Å². The maximum Gasteiger partial charge on any atom is 0.315 e. The summed E-state index contributed by atoms with van der Waals surface area (Å²) >= 11 is 3.42. The third-order valence-electron chi connectivity index (χ3n) is 3.21. The Morgan fingerprint density at radius 2 is 2.05 bits per heavy atom. The van der Waals surface area contributed by atoms with Crippen molar-refractivity contribution >= 4 is 39.6 Å². The topological polar surface area (TPSA) is 55.7 Å². The fourth-order valence-corrected chi connectivity index (χ4v) is 2.47. The highest BCUT2D eigenvalue weighted by atomic mass is 79.9. The molecule has 0 aliphatic rings. The Bertz CT molecular complexity index is 528. The highest BCUT2D eigenvalue weighted by Crippen LogP contribution is 2.27. The first-order valence-electron chi connectivity index (χ1n) is 6.96. The molecule has 1 aromatic rings. The van der Waals surface area contributed by atoms with Gasteiger partial charge < -0.3 is 9.53 Å². The third kappa shape index (κ3) is 4.77. The number of halogens is 1. The molecule has 0 aromatic heterocycles. The largest absolute Gasteiger partial charge is 0.465 e. The van der Waals surface area contributed by atoms with Gasteiger partial charge in [0.05, 0.1) is 12.3 Å². The Morgan fingerprint density at radius 3 is 2.57 bits per heavy atom. The zero-order valence-corrected chi connectivity index (χ0v) is 14.1. The van der Waals surface area contributed by atoms with Crippen LogP contribution in [0.2, 0.25) is 0 Å². The number of carbonyl (C=O) groups is 2. The van der Waals surface area contributed by atoms with Gasteiger partial charge in [-0.1, -0.05) is 19.1 Å². The number of carbonyl (C=O) groups excluding carboxylic acids is 2. The summed E-state index contributed by atoms with van der Waals surface area (Å²) < 4.78 is 5.93. The Kier molecular flexibility index (Phi) is 7.29. The van der Waals surface area contributed by atoms with Gasteiger partial charge in [-0.25, -0.2) is 0 Å². The van der Waals surface area contributed by atoms with Crippen LogP contribution in [0, 0.1) is 11.8 Å². The van der Waals surface area contributed by atoms with Gasteiger partial charge in [0, 0.05) is 16.1 Å². The van der Waals surface area contributed by atoms with Crippen molar-refractivity contribution in [3.63, 3.8) is 0 Å². The van der Waals surface area contributed by atoms with Crippen LogP contribution in [0.3, 0.4) is 0 Å². The van der Waals surface area contributed by atoms with Gasteiger partial charge in [-0.05, 0) is 48.3 Å². The van der Waals surface area contributed by atoms with E-state index >= 15 is 0 Å². The summed E-state index contributed by atoms with van der Waals surface area (Å²) in [6, 6.07) is 7.48. The minimum atomic E-state index is -0.639. The second-order valence-electron chi connectivity index (χ2n) is 4.64. The second kappa shape index (κ2) is 8.72. The van der Waals surface area contributed by atoms with Crippen molar-refractivity contribution in [1.29, 1.82) is 0 Å². The molecule has 0 heterocycles. The lowest BCUT2D eigenvalue weighted by molar-refractivity contribution is -0.148. The molecule has 4 nitrogen and oxygen atoms in total. The van der Waals surface area contributed by atoms with E-state index in [-0.39, 0.29) is 6.61 Å². The number of ether oxygens (including phenoxy) is 1. The number of para-hydroxylation sites is 1. The van der Waals surface area contributed by atoms with Crippen LogP contribution >= 0.6 is 15.9 Å². The van der Waals surface area contributed by atoms with E-state index in [9.17, 15) is 9.59 Å². The van der Waals surface area contributed by atoms with E-state index in [1.807, 2.05) is 31.2 Å². The van der Waals surface area contributed by atoms with Gasteiger partial charge in [-0.3, -0.25) is 9.79 Å². The van der Waals surface area contributed by atoms with Gasteiger partial charge in [-0.15, -0.1) is 0 Å². The first kappa shape index (κ1) is 17.6. The minimum absolute atomic E-state index is 0.285. The number of hydrogen-bond acceptors (Lipinski definition) is 4. The lowest BCUT2D eigenvalue weighted by atomic mass is 9.87. The van der Waals surface area contributed by atoms with Crippen molar-refractivity contribution in [1.82, 2.24) is 0 Å². The van der Waals surface area contributed by atoms with Crippen LogP contribution in [0.25, 0.3) is 0 Å². The first-order valence-corrected chi connectivity index (χ1v) is 7.76. The van der Waals surface area contributed by atoms with Crippen molar-refractivity contribution in [2.24, 2.45) is 16.8 Å². The summed E-state index contributed by atoms with van der Waals surface area (Å²) in [6.45, 7) is 5.66. The number of benzene rings is 1. The monoisotopic (exact) mass is 353 g/mol. The number of hydrogen-bond donors (Lipinski definition) is 0. The van der Waals surface area contributed by atoms with Crippen LogP contribution in [0.1, 0.15) is 27.2 Å². The highest BCUT2D eigenvalue weighted by molar-refractivity contribution is 9.10. The van der Waals surface area contributed by atoms with Crippen LogP contribution in [0.5, 0.6) is 0 Å². The lowest BCUT2D eigenvalue weighted by Crippen LogP contribution is -2.32. The van der Waals surface area contributed by atoms with Crippen LogP contribution in [0.15, 0.2) is 33.7 Å². The number of nitrogens with zero attached hydrogens (tertiary/aromatic N) is 1. The molecule has 2 atom stereocenters. The molecule has 0 fully saturated rings. The molecule has 0 saturated heterocycles. The molecule has 1 aromatic carbocycles. The van der Waals surface area contributed by atoms with E-state index in [1.165, 1.54) is 0 Å². The van der Waals surface area contributed by atoms with Gasteiger partial charge in [-0.2, -0.15) is 0 Å². The number of rotatable bonds is 7. The van der Waals surface area contributed by atoms with Gasteiger partial charge in [0.15, 0.2) is 0 Å². The van der Waals surface area contributed by atoms with E-state index in [0.29, 0.717) is 12.1 Å². The molecule has 0 N–H and O–H groups in total. The third-order valence-corrected chi connectivity index (χ3v) is 3.88. The van der Waals surface area contributed by atoms with E-state index < -0.39 is 17.8 Å². The van der Waals surface area contributed by atoms with Crippen molar-refractivity contribution in [3.05, 3.63) is 28.7 Å². The van der Waals surface area contributed by atoms with Crippen molar-refractivity contribution in [2.45, 2.75) is 27.2 Å². The number of esters is 1. The normalized spacial score (nSPS) is 14.4. The predicted octanol–water partition coefficient (Wildman–Crippen LogP) is 3.95. The summed E-state index contributed by atoms with van der Waals surface area (Å²) in [7, 11) is 0. The summed E-state index contributed by atoms with van der Waals surface area (Å²) in [5, 5.41) is 0.